The van der Waals surface area contributed by atoms with E-state index in [0.717, 1.165) is 23.8 Å². The van der Waals surface area contributed by atoms with Crippen molar-refractivity contribution in [1.29, 1.82) is 0 Å². The van der Waals surface area contributed by atoms with E-state index in [1.54, 1.807) is 24.0 Å². The summed E-state index contributed by atoms with van der Waals surface area (Å²) < 4.78 is 1.86. The molecule has 6 heteroatoms. The quantitative estimate of drug-likeness (QED) is 0.696. The zero-order valence-corrected chi connectivity index (χ0v) is 14.5. The first-order valence-corrected chi connectivity index (χ1v) is 8.52. The third-order valence-corrected chi connectivity index (χ3v) is 5.42. The average Bonchev–Trinajstić information content (AvgIpc) is 3.22. The summed E-state index contributed by atoms with van der Waals surface area (Å²) >= 11 is 1.78. The third kappa shape index (κ3) is 3.65. The van der Waals surface area contributed by atoms with E-state index < -0.39 is 0 Å². The first-order valence-electron chi connectivity index (χ1n) is 7.70. The van der Waals surface area contributed by atoms with Crippen LogP contribution in [0.2, 0.25) is 0 Å². The van der Waals surface area contributed by atoms with Gasteiger partial charge in [0.1, 0.15) is 17.7 Å². The summed E-state index contributed by atoms with van der Waals surface area (Å²) in [7, 11) is 2.14. The number of thiazole rings is 1. The van der Waals surface area contributed by atoms with Crippen molar-refractivity contribution in [3.63, 3.8) is 0 Å². The molecule has 1 atom stereocenters. The Morgan fingerprint density at radius 2 is 2.04 bits per heavy atom. The average molecular weight is 327 g/mol. The van der Waals surface area contributed by atoms with Gasteiger partial charge in [-0.25, -0.2) is 9.97 Å². The number of nitrogens with zero attached hydrogens (tertiary/aromatic N) is 5. The molecule has 2 heterocycles. The minimum absolute atomic E-state index is 0.327. The highest BCUT2D eigenvalue weighted by Gasteiger charge is 2.18. The summed E-state index contributed by atoms with van der Waals surface area (Å²) in [5.74, 6) is 0. The van der Waals surface area contributed by atoms with E-state index in [1.807, 2.05) is 10.7 Å². The predicted molar refractivity (Wildman–Crippen MR) is 93.4 cm³/mol. The molecule has 0 aliphatic carbocycles. The number of benzene rings is 1. The second-order valence-electron chi connectivity index (χ2n) is 5.65. The minimum Gasteiger partial charge on any atom is -0.297 e. The van der Waals surface area contributed by atoms with E-state index in [2.05, 4.69) is 60.1 Å². The highest BCUT2D eigenvalue weighted by molar-refractivity contribution is 7.15. The fourth-order valence-electron chi connectivity index (χ4n) is 2.50. The lowest BCUT2D eigenvalue weighted by Gasteiger charge is -2.23. The maximum absolute atomic E-state index is 4.76. The van der Waals surface area contributed by atoms with E-state index in [9.17, 15) is 0 Å². The molecular weight excluding hydrogens is 306 g/mol. The summed E-state index contributed by atoms with van der Waals surface area (Å²) in [6.45, 7) is 6.09. The standard InChI is InChI=1S/C17H21N5S/c1-13-16(23-17(20-13)15-7-5-4-6-8-15)14(2)21(3)9-10-22-12-18-11-19-22/h4-8,11-12,14H,9-10H2,1-3H3/t14-/m1/s1. The zero-order chi connectivity index (χ0) is 16.2. The molecule has 120 valence electrons. The Kier molecular flexibility index (Phi) is 4.83. The van der Waals surface area contributed by atoms with Gasteiger partial charge in [-0.05, 0) is 20.9 Å². The number of hydrogen-bond acceptors (Lipinski definition) is 5. The lowest BCUT2D eigenvalue weighted by Crippen LogP contribution is -2.26. The molecule has 0 saturated carbocycles. The van der Waals surface area contributed by atoms with Crippen molar-refractivity contribution in [3.8, 4) is 10.6 Å². The van der Waals surface area contributed by atoms with Crippen LogP contribution in [-0.4, -0.2) is 38.2 Å². The largest absolute Gasteiger partial charge is 0.297 e. The molecule has 2 aromatic heterocycles. The van der Waals surface area contributed by atoms with Crippen LogP contribution in [0.3, 0.4) is 0 Å². The van der Waals surface area contributed by atoms with Crippen LogP contribution >= 0.6 is 11.3 Å². The van der Waals surface area contributed by atoms with Gasteiger partial charge in [-0.15, -0.1) is 11.3 Å². The Morgan fingerprint density at radius 1 is 1.26 bits per heavy atom. The predicted octanol–water partition coefficient (Wildman–Crippen LogP) is 3.40. The molecule has 0 spiro atoms. The van der Waals surface area contributed by atoms with E-state index in [0.29, 0.717) is 6.04 Å². The maximum atomic E-state index is 4.76. The van der Waals surface area contributed by atoms with Crippen LogP contribution in [0, 0.1) is 6.92 Å². The number of hydrogen-bond donors (Lipinski definition) is 0. The van der Waals surface area contributed by atoms with Gasteiger partial charge in [-0.2, -0.15) is 5.10 Å². The van der Waals surface area contributed by atoms with E-state index >= 15 is 0 Å². The second kappa shape index (κ2) is 7.02. The molecule has 0 bridgehead atoms. The van der Waals surface area contributed by atoms with Gasteiger partial charge >= 0.3 is 0 Å². The van der Waals surface area contributed by atoms with Crippen LogP contribution in [0.5, 0.6) is 0 Å². The lowest BCUT2D eigenvalue weighted by atomic mass is 10.2. The van der Waals surface area contributed by atoms with Crippen LogP contribution in [-0.2, 0) is 6.54 Å². The zero-order valence-electron chi connectivity index (χ0n) is 13.7. The Morgan fingerprint density at radius 3 is 2.74 bits per heavy atom. The summed E-state index contributed by atoms with van der Waals surface area (Å²) in [6.07, 6.45) is 3.33. The number of aromatic nitrogens is 4. The molecule has 0 saturated heterocycles. The first kappa shape index (κ1) is 15.8. The molecule has 0 radical (unpaired) electrons. The minimum atomic E-state index is 0.327. The van der Waals surface area contributed by atoms with Crippen LogP contribution in [0.4, 0.5) is 0 Å². The number of aryl methyl sites for hydroxylation is 1. The molecule has 0 fully saturated rings. The highest BCUT2D eigenvalue weighted by Crippen LogP contribution is 2.33. The topological polar surface area (TPSA) is 46.8 Å². The van der Waals surface area contributed by atoms with Gasteiger partial charge < -0.3 is 0 Å². The van der Waals surface area contributed by atoms with Crippen molar-refractivity contribution in [2.75, 3.05) is 13.6 Å². The van der Waals surface area contributed by atoms with Crippen molar-refractivity contribution in [3.05, 3.63) is 53.6 Å². The molecule has 0 unspecified atom stereocenters. The normalized spacial score (nSPS) is 12.7. The van der Waals surface area contributed by atoms with E-state index in [1.165, 1.54) is 10.4 Å². The van der Waals surface area contributed by atoms with Crippen molar-refractivity contribution < 1.29 is 0 Å². The fourth-order valence-corrected chi connectivity index (χ4v) is 3.69. The Bertz CT molecular complexity index is 736. The van der Waals surface area contributed by atoms with Crippen molar-refractivity contribution in [2.24, 2.45) is 0 Å². The van der Waals surface area contributed by atoms with Crippen LogP contribution in [0.1, 0.15) is 23.5 Å². The molecule has 3 rings (SSSR count). The van der Waals surface area contributed by atoms with Crippen molar-refractivity contribution >= 4 is 11.3 Å². The van der Waals surface area contributed by atoms with Gasteiger partial charge in [0.15, 0.2) is 0 Å². The highest BCUT2D eigenvalue weighted by atomic mass is 32.1. The second-order valence-corrected chi connectivity index (χ2v) is 6.68. The van der Waals surface area contributed by atoms with Gasteiger partial charge in [-0.3, -0.25) is 9.58 Å². The van der Waals surface area contributed by atoms with Crippen LogP contribution in [0.25, 0.3) is 10.6 Å². The Hall–Kier alpha value is -2.05. The molecule has 3 aromatic rings. The third-order valence-electron chi connectivity index (χ3n) is 4.04. The number of rotatable bonds is 6. The molecule has 5 nitrogen and oxygen atoms in total. The molecule has 1 aromatic carbocycles. The van der Waals surface area contributed by atoms with Gasteiger partial charge in [0, 0.05) is 23.0 Å². The summed E-state index contributed by atoms with van der Waals surface area (Å²) in [6, 6.07) is 10.7. The SMILES string of the molecule is Cc1nc(-c2ccccc2)sc1[C@@H](C)N(C)CCn1cncn1. The monoisotopic (exact) mass is 327 g/mol. The molecular formula is C17H21N5S. The Labute approximate surface area is 140 Å². The molecule has 0 amide bonds. The van der Waals surface area contributed by atoms with Gasteiger partial charge in [0.25, 0.3) is 0 Å². The first-order chi connectivity index (χ1) is 11.1. The van der Waals surface area contributed by atoms with Gasteiger partial charge in [-0.1, -0.05) is 30.3 Å². The van der Waals surface area contributed by atoms with Crippen LogP contribution < -0.4 is 0 Å². The lowest BCUT2D eigenvalue weighted by molar-refractivity contribution is 0.249. The smallest absolute Gasteiger partial charge is 0.137 e. The molecule has 23 heavy (non-hydrogen) atoms. The number of likely N-dealkylation sites (N-methyl/N-ethyl adjacent to an activating group) is 1. The molecule has 0 aliphatic rings. The van der Waals surface area contributed by atoms with Crippen LogP contribution in [0.15, 0.2) is 43.0 Å². The maximum Gasteiger partial charge on any atom is 0.137 e. The van der Waals surface area contributed by atoms with Gasteiger partial charge in [0.05, 0.1) is 12.2 Å². The molecule has 0 aliphatic heterocycles. The molecule has 0 N–H and O–H groups in total. The van der Waals surface area contributed by atoms with Crippen molar-refractivity contribution in [2.45, 2.75) is 26.4 Å². The summed E-state index contributed by atoms with van der Waals surface area (Å²) in [5.41, 5.74) is 2.30. The summed E-state index contributed by atoms with van der Waals surface area (Å²) in [5, 5.41) is 5.24. The van der Waals surface area contributed by atoms with Crippen molar-refractivity contribution in [1.82, 2.24) is 24.6 Å². The summed E-state index contributed by atoms with van der Waals surface area (Å²) in [4.78, 5) is 12.4. The fraction of sp³-hybridized carbons (Fsp3) is 0.353. The Balaban J connectivity index is 1.71. The van der Waals surface area contributed by atoms with E-state index in [4.69, 9.17) is 4.98 Å². The van der Waals surface area contributed by atoms with Gasteiger partial charge in [0.2, 0.25) is 0 Å². The van der Waals surface area contributed by atoms with E-state index in [-0.39, 0.29) is 0 Å².